The zero-order valence-corrected chi connectivity index (χ0v) is 15.4. The summed E-state index contributed by atoms with van der Waals surface area (Å²) in [7, 11) is 0. The number of amides is 1. The molecule has 126 valence electrons. The van der Waals surface area contributed by atoms with Gasteiger partial charge in [0.1, 0.15) is 17.1 Å². The van der Waals surface area contributed by atoms with E-state index in [0.717, 1.165) is 28.8 Å². The number of benzene rings is 2. The van der Waals surface area contributed by atoms with Gasteiger partial charge in [-0.3, -0.25) is 4.79 Å². The van der Waals surface area contributed by atoms with Gasteiger partial charge in [0.2, 0.25) is 0 Å². The van der Waals surface area contributed by atoms with E-state index in [9.17, 15) is 4.79 Å². The van der Waals surface area contributed by atoms with Crippen LogP contribution in [0.5, 0.6) is 11.5 Å². The number of carbonyl (C=O) groups excluding carboxylic acids is 1. The number of fused-ring (bicyclic) bond motifs is 1. The number of hydrogen-bond donors (Lipinski definition) is 1. The molecule has 4 nitrogen and oxygen atoms in total. The highest BCUT2D eigenvalue weighted by Crippen LogP contribution is 2.35. The van der Waals surface area contributed by atoms with Gasteiger partial charge in [0, 0.05) is 10.5 Å². The lowest BCUT2D eigenvalue weighted by Gasteiger charge is -2.32. The molecule has 1 amide bonds. The van der Waals surface area contributed by atoms with Gasteiger partial charge in [0.25, 0.3) is 5.91 Å². The van der Waals surface area contributed by atoms with E-state index in [4.69, 9.17) is 9.47 Å². The minimum Gasteiger partial charge on any atom is -0.487 e. The number of aryl methyl sites for hydroxylation is 1. The van der Waals surface area contributed by atoms with Gasteiger partial charge in [0.05, 0.1) is 5.69 Å². The maximum Gasteiger partial charge on any atom is 0.262 e. The monoisotopic (exact) mass is 389 g/mol. The quantitative estimate of drug-likeness (QED) is 0.832. The van der Waals surface area contributed by atoms with E-state index in [-0.39, 0.29) is 18.1 Å². The van der Waals surface area contributed by atoms with E-state index < -0.39 is 0 Å². The van der Waals surface area contributed by atoms with Crippen LogP contribution in [-0.4, -0.2) is 18.1 Å². The first-order valence-corrected chi connectivity index (χ1v) is 8.71. The summed E-state index contributed by atoms with van der Waals surface area (Å²) in [5.41, 5.74) is 1.74. The SMILES string of the molecule is CC1(C)CCc2ccc(OCC(=O)Nc3ccccc3Br)cc2O1. The number of hydrogen-bond acceptors (Lipinski definition) is 3. The Morgan fingerprint density at radius 2 is 2.08 bits per heavy atom. The van der Waals surface area contributed by atoms with E-state index in [0.29, 0.717) is 5.75 Å². The van der Waals surface area contributed by atoms with Crippen molar-refractivity contribution >= 4 is 27.5 Å². The Morgan fingerprint density at radius 1 is 1.29 bits per heavy atom. The minimum atomic E-state index is -0.208. The Bertz CT molecular complexity index is 758. The Balaban J connectivity index is 1.61. The minimum absolute atomic E-state index is 0.0521. The highest BCUT2D eigenvalue weighted by atomic mass is 79.9. The van der Waals surface area contributed by atoms with E-state index in [1.54, 1.807) is 0 Å². The first-order valence-electron chi connectivity index (χ1n) is 7.92. The van der Waals surface area contributed by atoms with Crippen molar-refractivity contribution in [3.63, 3.8) is 0 Å². The number of ether oxygens (including phenoxy) is 2. The van der Waals surface area contributed by atoms with Gasteiger partial charge in [-0.15, -0.1) is 0 Å². The second-order valence-electron chi connectivity index (χ2n) is 6.45. The number of carbonyl (C=O) groups is 1. The summed E-state index contributed by atoms with van der Waals surface area (Å²) in [6.45, 7) is 4.10. The molecule has 0 fully saturated rings. The second kappa shape index (κ2) is 6.85. The van der Waals surface area contributed by atoms with E-state index in [2.05, 4.69) is 35.1 Å². The third-order valence-electron chi connectivity index (χ3n) is 3.94. The van der Waals surface area contributed by atoms with Crippen LogP contribution < -0.4 is 14.8 Å². The predicted octanol–water partition coefficient (Wildman–Crippen LogP) is 4.57. The highest BCUT2D eigenvalue weighted by molar-refractivity contribution is 9.10. The van der Waals surface area contributed by atoms with Gasteiger partial charge >= 0.3 is 0 Å². The van der Waals surface area contributed by atoms with Crippen LogP contribution >= 0.6 is 15.9 Å². The molecule has 1 heterocycles. The van der Waals surface area contributed by atoms with Crippen LogP contribution in [0.3, 0.4) is 0 Å². The summed E-state index contributed by atoms with van der Waals surface area (Å²) in [6.07, 6.45) is 1.99. The van der Waals surface area contributed by atoms with Gasteiger partial charge in [-0.2, -0.15) is 0 Å². The van der Waals surface area contributed by atoms with E-state index >= 15 is 0 Å². The van der Waals surface area contributed by atoms with Crippen LogP contribution in [0, 0.1) is 0 Å². The molecular weight excluding hydrogens is 370 g/mol. The standard InChI is InChI=1S/C19H20BrNO3/c1-19(2)10-9-13-7-8-14(11-17(13)24-19)23-12-18(22)21-16-6-4-3-5-15(16)20/h3-8,11H,9-10,12H2,1-2H3,(H,21,22). The van der Waals surface area contributed by atoms with Crippen LogP contribution in [0.25, 0.3) is 0 Å². The summed E-state index contributed by atoms with van der Waals surface area (Å²) in [5.74, 6) is 1.27. The Labute approximate surface area is 150 Å². The van der Waals surface area contributed by atoms with E-state index in [1.807, 2.05) is 42.5 Å². The maximum absolute atomic E-state index is 12.0. The average molecular weight is 390 g/mol. The van der Waals surface area contributed by atoms with Gasteiger partial charge < -0.3 is 14.8 Å². The third kappa shape index (κ3) is 4.09. The van der Waals surface area contributed by atoms with E-state index in [1.165, 1.54) is 5.56 Å². The number of halogens is 1. The molecule has 0 aliphatic carbocycles. The summed E-state index contributed by atoms with van der Waals surface area (Å²) >= 11 is 3.40. The number of anilines is 1. The molecular formula is C19H20BrNO3. The van der Waals surface area contributed by atoms with Crippen molar-refractivity contribution < 1.29 is 14.3 Å². The smallest absolute Gasteiger partial charge is 0.262 e. The van der Waals surface area contributed by atoms with Crippen LogP contribution in [-0.2, 0) is 11.2 Å². The first kappa shape index (κ1) is 16.8. The molecule has 0 spiro atoms. The van der Waals surface area contributed by atoms with Crippen LogP contribution in [0.15, 0.2) is 46.9 Å². The van der Waals surface area contributed by atoms with Crippen molar-refractivity contribution in [1.82, 2.24) is 0 Å². The zero-order valence-electron chi connectivity index (χ0n) is 13.8. The Morgan fingerprint density at radius 3 is 2.88 bits per heavy atom. The normalized spacial score (nSPS) is 15.1. The fraction of sp³-hybridized carbons (Fsp3) is 0.316. The summed E-state index contributed by atoms with van der Waals surface area (Å²) in [4.78, 5) is 12.0. The molecule has 3 rings (SSSR count). The summed E-state index contributed by atoms with van der Waals surface area (Å²) in [6, 6.07) is 13.2. The van der Waals surface area contributed by atoms with Crippen molar-refractivity contribution in [3.8, 4) is 11.5 Å². The molecule has 1 aliphatic heterocycles. The highest BCUT2D eigenvalue weighted by Gasteiger charge is 2.26. The fourth-order valence-corrected chi connectivity index (χ4v) is 2.99. The molecule has 5 heteroatoms. The third-order valence-corrected chi connectivity index (χ3v) is 4.63. The predicted molar refractivity (Wildman–Crippen MR) is 97.7 cm³/mol. The van der Waals surface area contributed by atoms with Gasteiger partial charge in [-0.25, -0.2) is 0 Å². The second-order valence-corrected chi connectivity index (χ2v) is 7.30. The molecule has 1 N–H and O–H groups in total. The molecule has 0 saturated carbocycles. The van der Waals surface area contributed by atoms with Gasteiger partial charge in [-0.05, 0) is 66.4 Å². The molecule has 2 aromatic rings. The number of rotatable bonds is 4. The molecule has 0 radical (unpaired) electrons. The van der Waals surface area contributed by atoms with Crippen molar-refractivity contribution in [2.45, 2.75) is 32.3 Å². The fourth-order valence-electron chi connectivity index (χ4n) is 2.61. The van der Waals surface area contributed by atoms with Crippen LogP contribution in [0.4, 0.5) is 5.69 Å². The molecule has 1 aliphatic rings. The lowest BCUT2D eigenvalue weighted by molar-refractivity contribution is -0.118. The van der Waals surface area contributed by atoms with Crippen molar-refractivity contribution in [1.29, 1.82) is 0 Å². The zero-order chi connectivity index (χ0) is 17.2. The van der Waals surface area contributed by atoms with Gasteiger partial charge in [0.15, 0.2) is 6.61 Å². The Kier molecular flexibility index (Phi) is 4.81. The van der Waals surface area contributed by atoms with Crippen molar-refractivity contribution in [2.24, 2.45) is 0 Å². The first-order chi connectivity index (χ1) is 11.4. The molecule has 2 aromatic carbocycles. The van der Waals surface area contributed by atoms with Gasteiger partial charge in [-0.1, -0.05) is 18.2 Å². The molecule has 0 bridgehead atoms. The lowest BCUT2D eigenvalue weighted by atomic mass is 9.94. The number of para-hydroxylation sites is 1. The number of nitrogens with one attached hydrogen (secondary N) is 1. The molecule has 0 atom stereocenters. The molecule has 0 unspecified atom stereocenters. The summed E-state index contributed by atoms with van der Waals surface area (Å²) in [5, 5.41) is 2.81. The van der Waals surface area contributed by atoms with Crippen LogP contribution in [0.1, 0.15) is 25.8 Å². The molecule has 0 saturated heterocycles. The summed E-state index contributed by atoms with van der Waals surface area (Å²) < 4.78 is 12.4. The van der Waals surface area contributed by atoms with Crippen LogP contribution in [0.2, 0.25) is 0 Å². The van der Waals surface area contributed by atoms with Crippen molar-refractivity contribution in [2.75, 3.05) is 11.9 Å². The lowest BCUT2D eigenvalue weighted by Crippen LogP contribution is -2.32. The molecule has 0 aromatic heterocycles. The largest absolute Gasteiger partial charge is 0.487 e. The average Bonchev–Trinajstić information content (AvgIpc) is 2.54. The van der Waals surface area contributed by atoms with Crippen molar-refractivity contribution in [3.05, 3.63) is 52.5 Å². The maximum atomic E-state index is 12.0. The topological polar surface area (TPSA) is 47.6 Å². The Hall–Kier alpha value is -2.01. The molecule has 24 heavy (non-hydrogen) atoms.